The van der Waals surface area contributed by atoms with E-state index in [9.17, 15) is 9.18 Å². The molecule has 0 spiro atoms. The third-order valence-corrected chi connectivity index (χ3v) is 6.32. The van der Waals surface area contributed by atoms with Crippen molar-refractivity contribution in [2.45, 2.75) is 72.6 Å². The highest BCUT2D eigenvalue weighted by molar-refractivity contribution is 5.83. The average molecular weight is 477 g/mol. The summed E-state index contributed by atoms with van der Waals surface area (Å²) in [6, 6.07) is 12.4. The van der Waals surface area contributed by atoms with E-state index in [0.29, 0.717) is 18.7 Å². The number of benzene rings is 2. The number of nitrogens with zero attached hydrogens (tertiary/aromatic N) is 5. The molecule has 4 aromatic rings. The molecule has 2 aromatic carbocycles. The highest BCUT2D eigenvalue weighted by Crippen LogP contribution is 2.29. The SMILES string of the molecule is CC[C@H](c1nnnn1C(C)(C)C)N(Cc1ccc(F)cc1)Cc1cc2c(C)cc(C)cc2[nH]c1=O. The first-order valence-corrected chi connectivity index (χ1v) is 12.0. The van der Waals surface area contributed by atoms with E-state index in [1.165, 1.54) is 12.1 Å². The van der Waals surface area contributed by atoms with Gasteiger partial charge in [0.15, 0.2) is 5.82 Å². The quantitative estimate of drug-likeness (QED) is 0.398. The number of hydrogen-bond donors (Lipinski definition) is 1. The lowest BCUT2D eigenvalue weighted by Crippen LogP contribution is -2.35. The zero-order valence-corrected chi connectivity index (χ0v) is 21.3. The molecular formula is C27H33FN6O. The maximum Gasteiger partial charge on any atom is 0.252 e. The fourth-order valence-electron chi connectivity index (χ4n) is 4.64. The normalized spacial score (nSPS) is 13.0. The van der Waals surface area contributed by atoms with Crippen LogP contribution in [0.1, 0.15) is 68.2 Å². The number of aryl methyl sites for hydroxylation is 2. The summed E-state index contributed by atoms with van der Waals surface area (Å²) < 4.78 is 15.4. The van der Waals surface area contributed by atoms with Crippen LogP contribution in [-0.4, -0.2) is 30.1 Å². The molecular weight excluding hydrogens is 443 g/mol. The highest BCUT2D eigenvalue weighted by Gasteiger charge is 2.29. The molecule has 0 saturated heterocycles. The van der Waals surface area contributed by atoms with Crippen LogP contribution in [0, 0.1) is 19.7 Å². The van der Waals surface area contributed by atoms with Crippen molar-refractivity contribution in [3.63, 3.8) is 0 Å². The van der Waals surface area contributed by atoms with Crippen LogP contribution in [0.5, 0.6) is 0 Å². The molecule has 0 unspecified atom stereocenters. The molecule has 0 bridgehead atoms. The van der Waals surface area contributed by atoms with E-state index in [4.69, 9.17) is 0 Å². The smallest absolute Gasteiger partial charge is 0.252 e. The third kappa shape index (κ3) is 5.32. The van der Waals surface area contributed by atoms with Crippen LogP contribution in [0.3, 0.4) is 0 Å². The first kappa shape index (κ1) is 24.7. The molecule has 1 N–H and O–H groups in total. The number of rotatable bonds is 7. The molecule has 184 valence electrons. The van der Waals surface area contributed by atoms with Gasteiger partial charge < -0.3 is 4.98 Å². The van der Waals surface area contributed by atoms with E-state index in [1.54, 1.807) is 12.1 Å². The number of hydrogen-bond acceptors (Lipinski definition) is 5. The Kier molecular flexibility index (Phi) is 6.85. The minimum Gasteiger partial charge on any atom is -0.322 e. The van der Waals surface area contributed by atoms with Crippen molar-refractivity contribution in [1.29, 1.82) is 0 Å². The van der Waals surface area contributed by atoms with Gasteiger partial charge in [0, 0.05) is 29.6 Å². The van der Waals surface area contributed by atoms with Gasteiger partial charge in [0.2, 0.25) is 0 Å². The average Bonchev–Trinajstić information content (AvgIpc) is 3.27. The first-order chi connectivity index (χ1) is 16.6. The lowest BCUT2D eigenvalue weighted by Gasteiger charge is -2.32. The molecule has 0 saturated carbocycles. The van der Waals surface area contributed by atoms with Gasteiger partial charge in [-0.1, -0.05) is 25.1 Å². The lowest BCUT2D eigenvalue weighted by atomic mass is 10.0. The van der Waals surface area contributed by atoms with Crippen molar-refractivity contribution in [3.8, 4) is 0 Å². The number of tetrazole rings is 1. The summed E-state index contributed by atoms with van der Waals surface area (Å²) in [7, 11) is 0. The molecule has 0 aliphatic rings. The van der Waals surface area contributed by atoms with E-state index < -0.39 is 0 Å². The van der Waals surface area contributed by atoms with Gasteiger partial charge in [0.25, 0.3) is 5.56 Å². The molecule has 7 nitrogen and oxygen atoms in total. The Balaban J connectivity index is 1.79. The predicted molar refractivity (Wildman–Crippen MR) is 136 cm³/mol. The number of nitrogens with one attached hydrogen (secondary N) is 1. The van der Waals surface area contributed by atoms with E-state index in [1.807, 2.05) is 23.7 Å². The predicted octanol–water partition coefficient (Wildman–Crippen LogP) is 5.18. The van der Waals surface area contributed by atoms with Crippen molar-refractivity contribution in [2.75, 3.05) is 0 Å². The second-order valence-electron chi connectivity index (χ2n) is 10.2. The molecule has 2 heterocycles. The molecule has 2 aromatic heterocycles. The van der Waals surface area contributed by atoms with Crippen LogP contribution in [0.4, 0.5) is 4.39 Å². The largest absolute Gasteiger partial charge is 0.322 e. The maximum absolute atomic E-state index is 13.6. The summed E-state index contributed by atoms with van der Waals surface area (Å²) in [4.78, 5) is 18.4. The molecule has 0 aliphatic heterocycles. The third-order valence-electron chi connectivity index (χ3n) is 6.32. The van der Waals surface area contributed by atoms with Crippen molar-refractivity contribution in [1.82, 2.24) is 30.1 Å². The van der Waals surface area contributed by atoms with Gasteiger partial charge in [0.05, 0.1) is 11.6 Å². The maximum atomic E-state index is 13.6. The van der Waals surface area contributed by atoms with Gasteiger partial charge in [-0.15, -0.1) is 5.10 Å². The molecule has 0 aliphatic carbocycles. The van der Waals surface area contributed by atoms with Crippen LogP contribution in [0.25, 0.3) is 10.9 Å². The lowest BCUT2D eigenvalue weighted by molar-refractivity contribution is 0.153. The molecule has 4 rings (SSSR count). The Morgan fingerprint density at radius 3 is 2.46 bits per heavy atom. The zero-order valence-electron chi connectivity index (χ0n) is 21.3. The Labute approximate surface area is 205 Å². The summed E-state index contributed by atoms with van der Waals surface area (Å²) >= 11 is 0. The van der Waals surface area contributed by atoms with Crippen LogP contribution >= 0.6 is 0 Å². The fraction of sp³-hybridized carbons (Fsp3) is 0.407. The molecule has 8 heteroatoms. The van der Waals surface area contributed by atoms with Crippen molar-refractivity contribution < 1.29 is 4.39 Å². The van der Waals surface area contributed by atoms with Gasteiger partial charge >= 0.3 is 0 Å². The number of fused-ring (bicyclic) bond motifs is 1. The molecule has 1 atom stereocenters. The molecule has 0 radical (unpaired) electrons. The summed E-state index contributed by atoms with van der Waals surface area (Å²) in [5.41, 5.74) is 4.26. The summed E-state index contributed by atoms with van der Waals surface area (Å²) in [6.07, 6.45) is 0.737. The molecule has 0 amide bonds. The van der Waals surface area contributed by atoms with Crippen LogP contribution < -0.4 is 5.56 Å². The van der Waals surface area contributed by atoms with Gasteiger partial charge in [-0.05, 0) is 92.4 Å². The van der Waals surface area contributed by atoms with Crippen molar-refractivity contribution >= 4 is 10.9 Å². The Bertz CT molecular complexity index is 1380. The molecule has 0 fully saturated rings. The monoisotopic (exact) mass is 476 g/mol. The minimum absolute atomic E-state index is 0.114. The Morgan fingerprint density at radius 2 is 1.80 bits per heavy atom. The Hall–Kier alpha value is -3.39. The number of H-pyrrole nitrogens is 1. The van der Waals surface area contributed by atoms with Crippen LogP contribution in [0.2, 0.25) is 0 Å². The minimum atomic E-state index is -0.302. The number of halogens is 1. The topological polar surface area (TPSA) is 79.7 Å². The highest BCUT2D eigenvalue weighted by atomic mass is 19.1. The zero-order chi connectivity index (χ0) is 25.3. The van der Waals surface area contributed by atoms with Crippen LogP contribution in [0.15, 0.2) is 47.3 Å². The second kappa shape index (κ2) is 9.70. The van der Waals surface area contributed by atoms with Gasteiger partial charge in [-0.3, -0.25) is 9.69 Å². The van der Waals surface area contributed by atoms with E-state index in [2.05, 4.69) is 66.1 Å². The molecule has 35 heavy (non-hydrogen) atoms. The number of aromatic nitrogens is 5. The van der Waals surface area contributed by atoms with Gasteiger partial charge in [0.1, 0.15) is 5.82 Å². The van der Waals surface area contributed by atoms with E-state index >= 15 is 0 Å². The number of aromatic amines is 1. The van der Waals surface area contributed by atoms with Crippen LogP contribution in [-0.2, 0) is 18.6 Å². The van der Waals surface area contributed by atoms with Gasteiger partial charge in [-0.25, -0.2) is 9.07 Å². The summed E-state index contributed by atoms with van der Waals surface area (Å²) in [5.74, 6) is 0.465. The first-order valence-electron chi connectivity index (χ1n) is 12.0. The second-order valence-corrected chi connectivity index (χ2v) is 10.2. The van der Waals surface area contributed by atoms with Crippen molar-refractivity contribution in [2.24, 2.45) is 0 Å². The number of pyridine rings is 1. The van der Waals surface area contributed by atoms with E-state index in [-0.39, 0.29) is 23.0 Å². The van der Waals surface area contributed by atoms with Crippen molar-refractivity contribution in [3.05, 3.63) is 86.7 Å². The fourth-order valence-corrected chi connectivity index (χ4v) is 4.64. The summed E-state index contributed by atoms with van der Waals surface area (Å²) in [6.45, 7) is 13.2. The van der Waals surface area contributed by atoms with Gasteiger partial charge in [-0.2, -0.15) is 0 Å². The Morgan fingerprint density at radius 1 is 1.09 bits per heavy atom. The summed E-state index contributed by atoms with van der Waals surface area (Å²) in [5, 5.41) is 13.6. The van der Waals surface area contributed by atoms with E-state index in [0.717, 1.165) is 39.8 Å². The standard InChI is InChI=1S/C27H33FN6O/c1-7-24(25-30-31-32-34(25)27(4,5)6)33(15-19-8-10-21(28)11-9-19)16-20-14-22-18(3)12-17(2)13-23(22)29-26(20)35/h8-14,24H,7,15-16H2,1-6H3,(H,29,35)/t24-/m1/s1.